The first-order valence-corrected chi connectivity index (χ1v) is 4.84. The maximum Gasteiger partial charge on any atom is 0.232 e. The molecule has 1 unspecified atom stereocenters. The number of aromatic nitrogens is 2. The fraction of sp³-hybridized carbons (Fsp3) is 0.429. The summed E-state index contributed by atoms with van der Waals surface area (Å²) in [5.41, 5.74) is 1.71. The van der Waals surface area contributed by atoms with Crippen LogP contribution in [0.2, 0.25) is 0 Å². The normalized spacial score (nSPS) is 12.8. The maximum absolute atomic E-state index is 10.3. The van der Waals surface area contributed by atoms with Gasteiger partial charge in [0.1, 0.15) is 5.82 Å². The second-order valence-electron chi connectivity index (χ2n) is 2.64. The molecule has 0 aromatic carbocycles. The molecule has 0 amide bonds. The summed E-state index contributed by atoms with van der Waals surface area (Å²) in [7, 11) is 0. The summed E-state index contributed by atoms with van der Waals surface area (Å²) in [6, 6.07) is 1.85. The van der Waals surface area contributed by atoms with Crippen molar-refractivity contribution in [3.63, 3.8) is 0 Å². The van der Waals surface area contributed by atoms with Gasteiger partial charge in [0.15, 0.2) is 0 Å². The lowest BCUT2D eigenvalue weighted by Crippen LogP contribution is -2.17. The molecule has 0 saturated heterocycles. The number of nitrogens with zero attached hydrogens (tertiary/aromatic N) is 2. The minimum Gasteiger partial charge on any atom is -0.294 e. The van der Waals surface area contributed by atoms with Crippen molar-refractivity contribution in [2.75, 3.05) is 0 Å². The van der Waals surface area contributed by atoms with Crippen LogP contribution in [0.3, 0.4) is 0 Å². The maximum atomic E-state index is 10.3. The van der Waals surface area contributed by atoms with Crippen LogP contribution in [0.5, 0.6) is 0 Å². The number of rotatable bonds is 3. The Hall–Kier alpha value is -0.850. The van der Waals surface area contributed by atoms with E-state index in [-0.39, 0.29) is 6.54 Å². The van der Waals surface area contributed by atoms with Crippen LogP contribution in [0, 0.1) is 13.8 Å². The van der Waals surface area contributed by atoms with Gasteiger partial charge in [-0.3, -0.25) is 4.55 Å². The summed E-state index contributed by atoms with van der Waals surface area (Å²) >= 11 is -2.01. The average molecular weight is 201 g/mol. The molecule has 0 aliphatic heterocycles. The molecule has 0 fully saturated rings. The monoisotopic (exact) mass is 201 g/mol. The molecule has 6 heteroatoms. The van der Waals surface area contributed by atoms with E-state index in [1.807, 2.05) is 19.9 Å². The minimum atomic E-state index is -2.01. The van der Waals surface area contributed by atoms with Crippen molar-refractivity contribution in [2.24, 2.45) is 0 Å². The van der Waals surface area contributed by atoms with E-state index in [1.165, 1.54) is 0 Å². The molecule has 0 saturated carbocycles. The van der Waals surface area contributed by atoms with Gasteiger partial charge in [-0.15, -0.1) is 0 Å². The van der Waals surface area contributed by atoms with Crippen LogP contribution in [-0.4, -0.2) is 18.7 Å². The predicted octanol–water partition coefficient (Wildman–Crippen LogP) is 0.320. The fourth-order valence-corrected chi connectivity index (χ4v) is 1.26. The molecule has 1 heterocycles. The molecule has 0 spiro atoms. The standard InChI is InChI=1S/C7H11N3O2S/c1-5-3-6(2)10-7(9-5)4-8-13(11)12/h3,8H,4H2,1-2H3,(H,11,12). The first-order chi connectivity index (χ1) is 6.08. The highest BCUT2D eigenvalue weighted by atomic mass is 32.2. The third-order valence-corrected chi connectivity index (χ3v) is 1.77. The molecule has 2 N–H and O–H groups in total. The van der Waals surface area contributed by atoms with E-state index in [0.29, 0.717) is 5.82 Å². The molecular formula is C7H11N3O2S. The molecule has 0 radical (unpaired) electrons. The van der Waals surface area contributed by atoms with E-state index < -0.39 is 11.3 Å². The van der Waals surface area contributed by atoms with Gasteiger partial charge < -0.3 is 0 Å². The summed E-state index contributed by atoms with van der Waals surface area (Å²) in [5, 5.41) is 0. The van der Waals surface area contributed by atoms with Gasteiger partial charge >= 0.3 is 0 Å². The van der Waals surface area contributed by atoms with Gasteiger partial charge in [-0.25, -0.2) is 18.9 Å². The van der Waals surface area contributed by atoms with E-state index in [2.05, 4.69) is 14.7 Å². The van der Waals surface area contributed by atoms with Gasteiger partial charge in [-0.1, -0.05) is 0 Å². The second-order valence-corrected chi connectivity index (χ2v) is 3.42. The molecule has 13 heavy (non-hydrogen) atoms. The predicted molar refractivity (Wildman–Crippen MR) is 49.1 cm³/mol. The van der Waals surface area contributed by atoms with Crippen LogP contribution in [0.15, 0.2) is 6.07 Å². The number of hydrogen-bond acceptors (Lipinski definition) is 3. The van der Waals surface area contributed by atoms with Crippen molar-refractivity contribution < 1.29 is 8.76 Å². The van der Waals surface area contributed by atoms with Crippen LogP contribution >= 0.6 is 0 Å². The zero-order valence-corrected chi connectivity index (χ0v) is 8.26. The third-order valence-electron chi connectivity index (χ3n) is 1.38. The van der Waals surface area contributed by atoms with E-state index in [9.17, 15) is 4.21 Å². The van der Waals surface area contributed by atoms with Gasteiger partial charge in [-0.2, -0.15) is 0 Å². The number of nitrogens with one attached hydrogen (secondary N) is 1. The molecular weight excluding hydrogens is 190 g/mol. The summed E-state index contributed by atoms with van der Waals surface area (Å²) < 4.78 is 21.1. The summed E-state index contributed by atoms with van der Waals surface area (Å²) in [4.78, 5) is 8.17. The molecule has 0 aliphatic rings. The Morgan fingerprint density at radius 1 is 1.46 bits per heavy atom. The lowest BCUT2D eigenvalue weighted by Gasteiger charge is -2.01. The average Bonchev–Trinajstić information content (AvgIpc) is 1.99. The Bertz CT molecular complexity index is 309. The molecule has 0 bridgehead atoms. The van der Waals surface area contributed by atoms with Crippen molar-refractivity contribution in [1.82, 2.24) is 14.7 Å². The SMILES string of the molecule is Cc1cc(C)nc(CNS(=O)O)n1. The Labute approximate surface area is 79.0 Å². The van der Waals surface area contributed by atoms with E-state index in [1.54, 1.807) is 0 Å². The first kappa shape index (κ1) is 10.2. The number of aryl methyl sites for hydroxylation is 2. The van der Waals surface area contributed by atoms with Crippen LogP contribution in [-0.2, 0) is 17.8 Å². The molecule has 5 nitrogen and oxygen atoms in total. The van der Waals surface area contributed by atoms with E-state index >= 15 is 0 Å². The molecule has 0 aliphatic carbocycles. The van der Waals surface area contributed by atoms with Crippen molar-refractivity contribution in [3.05, 3.63) is 23.3 Å². The highest BCUT2D eigenvalue weighted by Crippen LogP contribution is 1.98. The van der Waals surface area contributed by atoms with Crippen molar-refractivity contribution >= 4 is 11.3 Å². The topological polar surface area (TPSA) is 75.1 Å². The van der Waals surface area contributed by atoms with Crippen LogP contribution in [0.1, 0.15) is 17.2 Å². The van der Waals surface area contributed by atoms with E-state index in [0.717, 1.165) is 11.4 Å². The lowest BCUT2D eigenvalue weighted by molar-refractivity contribution is 0.546. The van der Waals surface area contributed by atoms with Crippen LogP contribution in [0.4, 0.5) is 0 Å². The third kappa shape index (κ3) is 3.58. The van der Waals surface area contributed by atoms with Gasteiger partial charge in [0.25, 0.3) is 0 Å². The second kappa shape index (κ2) is 4.40. The quantitative estimate of drug-likeness (QED) is 0.690. The molecule has 1 aromatic heterocycles. The minimum absolute atomic E-state index is 0.200. The molecule has 72 valence electrons. The Morgan fingerprint density at radius 2 is 2.00 bits per heavy atom. The van der Waals surface area contributed by atoms with Crippen molar-refractivity contribution in [2.45, 2.75) is 20.4 Å². The molecule has 1 aromatic rings. The zero-order chi connectivity index (χ0) is 9.84. The Kier molecular flexibility index (Phi) is 3.47. The summed E-state index contributed by atoms with van der Waals surface area (Å²) in [6.45, 7) is 3.91. The van der Waals surface area contributed by atoms with E-state index in [4.69, 9.17) is 4.55 Å². The highest BCUT2D eigenvalue weighted by molar-refractivity contribution is 7.77. The Morgan fingerprint density at radius 3 is 2.46 bits per heavy atom. The fourth-order valence-electron chi connectivity index (χ4n) is 1.00. The van der Waals surface area contributed by atoms with Gasteiger partial charge in [0.05, 0.1) is 6.54 Å². The Balaban J connectivity index is 2.71. The first-order valence-electron chi connectivity index (χ1n) is 3.73. The summed E-state index contributed by atoms with van der Waals surface area (Å²) in [5.74, 6) is 0.528. The molecule has 1 atom stereocenters. The van der Waals surface area contributed by atoms with Crippen molar-refractivity contribution in [1.29, 1.82) is 0 Å². The zero-order valence-electron chi connectivity index (χ0n) is 7.44. The largest absolute Gasteiger partial charge is 0.294 e. The number of hydrogen-bond donors (Lipinski definition) is 2. The van der Waals surface area contributed by atoms with Crippen LogP contribution in [0.25, 0.3) is 0 Å². The van der Waals surface area contributed by atoms with Gasteiger partial charge in [0, 0.05) is 11.4 Å². The summed E-state index contributed by atoms with van der Waals surface area (Å²) in [6.07, 6.45) is 0. The smallest absolute Gasteiger partial charge is 0.232 e. The highest BCUT2D eigenvalue weighted by Gasteiger charge is 2.00. The van der Waals surface area contributed by atoms with Gasteiger partial charge in [-0.05, 0) is 19.9 Å². The van der Waals surface area contributed by atoms with Crippen LogP contribution < -0.4 is 4.72 Å². The van der Waals surface area contributed by atoms with Crippen molar-refractivity contribution in [3.8, 4) is 0 Å². The molecule has 1 rings (SSSR count). The lowest BCUT2D eigenvalue weighted by atomic mass is 10.3. The van der Waals surface area contributed by atoms with Gasteiger partial charge in [0.2, 0.25) is 11.3 Å².